The first-order chi connectivity index (χ1) is 8.69. The summed E-state index contributed by atoms with van der Waals surface area (Å²) in [6.45, 7) is 2.14. The summed E-state index contributed by atoms with van der Waals surface area (Å²) in [6, 6.07) is 0. The van der Waals surface area contributed by atoms with Crippen LogP contribution in [0.2, 0.25) is 0 Å². The minimum absolute atomic E-state index is 0.00414. The molecule has 1 rings (SSSR count). The van der Waals surface area contributed by atoms with E-state index in [1.165, 1.54) is 0 Å². The summed E-state index contributed by atoms with van der Waals surface area (Å²) in [5.41, 5.74) is 0. The number of hydrogen-bond donors (Lipinski definition) is 0. The summed E-state index contributed by atoms with van der Waals surface area (Å²) in [5.74, 6) is 2.49. The lowest BCUT2D eigenvalue weighted by molar-refractivity contribution is -0.0123. The lowest BCUT2D eigenvalue weighted by Gasteiger charge is -2.28. The van der Waals surface area contributed by atoms with Crippen molar-refractivity contribution in [3.8, 4) is 12.3 Å². The van der Waals surface area contributed by atoms with Crippen LogP contribution in [0.4, 0.5) is 0 Å². The van der Waals surface area contributed by atoms with Gasteiger partial charge in [0, 0.05) is 4.83 Å². The van der Waals surface area contributed by atoms with Crippen LogP contribution in [0.25, 0.3) is 0 Å². The molecule has 0 aromatic rings. The highest BCUT2D eigenvalue weighted by atomic mass is 79.9. The Balaban J connectivity index is 2.73. The Labute approximate surface area is 124 Å². The van der Waals surface area contributed by atoms with Crippen LogP contribution in [-0.4, -0.2) is 22.4 Å². The topological polar surface area (TPSA) is 9.23 Å². The van der Waals surface area contributed by atoms with Crippen LogP contribution in [0.15, 0.2) is 24.3 Å². The van der Waals surface area contributed by atoms with Crippen LogP contribution in [0.5, 0.6) is 0 Å². The summed E-state index contributed by atoms with van der Waals surface area (Å²) in [7, 11) is 0. The van der Waals surface area contributed by atoms with Crippen LogP contribution < -0.4 is 0 Å². The van der Waals surface area contributed by atoms with Gasteiger partial charge in [-0.25, -0.2) is 0 Å². The molecule has 0 saturated carbocycles. The molecule has 0 spiro atoms. The first-order valence-corrected chi connectivity index (χ1v) is 7.74. The standard InChI is InChI=1S/C15H20BrClO/c1-3-5-6-11-15-13(17)10-8-7-9-12(16)14(4-2)18-15/h1,5-8,12-15H,4,9-11H2,2H3/b6-5-,8-7-/t12-,13-,14+,15-/m0/s1. The highest BCUT2D eigenvalue weighted by molar-refractivity contribution is 9.09. The smallest absolute Gasteiger partial charge is 0.0780 e. The van der Waals surface area contributed by atoms with Gasteiger partial charge in [0.25, 0.3) is 0 Å². The molecule has 0 aromatic heterocycles. The number of hydrogen-bond acceptors (Lipinski definition) is 1. The Kier molecular flexibility index (Phi) is 7.74. The fourth-order valence-corrected chi connectivity index (χ4v) is 2.96. The van der Waals surface area contributed by atoms with Crippen LogP contribution in [-0.2, 0) is 4.74 Å². The Bertz CT molecular complexity index is 332. The first-order valence-electron chi connectivity index (χ1n) is 6.38. The number of terminal acetylenes is 1. The highest BCUT2D eigenvalue weighted by Gasteiger charge is 2.26. The van der Waals surface area contributed by atoms with E-state index in [9.17, 15) is 0 Å². The van der Waals surface area contributed by atoms with Gasteiger partial charge in [0.05, 0.1) is 17.6 Å². The number of rotatable bonds is 3. The van der Waals surface area contributed by atoms with E-state index in [1.807, 2.05) is 6.08 Å². The molecule has 0 aliphatic carbocycles. The molecule has 0 saturated heterocycles. The molecule has 0 aromatic carbocycles. The van der Waals surface area contributed by atoms with E-state index in [-0.39, 0.29) is 17.6 Å². The van der Waals surface area contributed by atoms with E-state index >= 15 is 0 Å². The van der Waals surface area contributed by atoms with E-state index < -0.39 is 0 Å². The van der Waals surface area contributed by atoms with Gasteiger partial charge in [-0.15, -0.1) is 18.0 Å². The second-order valence-electron chi connectivity index (χ2n) is 4.40. The molecule has 18 heavy (non-hydrogen) atoms. The van der Waals surface area contributed by atoms with Gasteiger partial charge in [-0.1, -0.05) is 47.0 Å². The van der Waals surface area contributed by atoms with E-state index in [4.69, 9.17) is 22.8 Å². The number of alkyl halides is 2. The van der Waals surface area contributed by atoms with Gasteiger partial charge in [0.2, 0.25) is 0 Å². The third-order valence-electron chi connectivity index (χ3n) is 3.03. The Morgan fingerprint density at radius 3 is 2.83 bits per heavy atom. The molecular weight excluding hydrogens is 312 g/mol. The van der Waals surface area contributed by atoms with Crippen molar-refractivity contribution in [2.45, 2.75) is 55.0 Å². The Morgan fingerprint density at radius 2 is 2.17 bits per heavy atom. The van der Waals surface area contributed by atoms with Crippen LogP contribution >= 0.6 is 27.5 Å². The van der Waals surface area contributed by atoms with E-state index in [0.29, 0.717) is 4.83 Å². The molecule has 4 atom stereocenters. The summed E-state index contributed by atoms with van der Waals surface area (Å²) >= 11 is 10.1. The van der Waals surface area contributed by atoms with Crippen molar-refractivity contribution >= 4 is 27.5 Å². The van der Waals surface area contributed by atoms with Crippen LogP contribution in [0, 0.1) is 12.3 Å². The van der Waals surface area contributed by atoms with Crippen molar-refractivity contribution in [2.75, 3.05) is 0 Å². The molecule has 0 unspecified atom stereocenters. The zero-order chi connectivity index (χ0) is 13.4. The van der Waals surface area contributed by atoms with Gasteiger partial charge in [-0.05, 0) is 31.8 Å². The molecule has 0 amide bonds. The maximum Gasteiger partial charge on any atom is 0.0780 e. The summed E-state index contributed by atoms with van der Waals surface area (Å²) in [4.78, 5) is 0.347. The van der Waals surface area contributed by atoms with Gasteiger partial charge in [0.15, 0.2) is 0 Å². The molecule has 100 valence electrons. The van der Waals surface area contributed by atoms with Crippen molar-refractivity contribution in [3.63, 3.8) is 0 Å². The maximum atomic E-state index is 6.40. The average molecular weight is 332 g/mol. The molecule has 0 radical (unpaired) electrons. The number of allylic oxidation sites excluding steroid dienone is 3. The van der Waals surface area contributed by atoms with Gasteiger partial charge >= 0.3 is 0 Å². The van der Waals surface area contributed by atoms with Crippen molar-refractivity contribution in [1.29, 1.82) is 0 Å². The fraction of sp³-hybridized carbons (Fsp3) is 0.600. The Hall–Kier alpha value is -0.230. The highest BCUT2D eigenvalue weighted by Crippen LogP contribution is 2.26. The number of halogens is 2. The fourth-order valence-electron chi connectivity index (χ4n) is 1.98. The van der Waals surface area contributed by atoms with Gasteiger partial charge in [-0.3, -0.25) is 0 Å². The lowest BCUT2D eigenvalue weighted by atomic mass is 10.1. The van der Waals surface area contributed by atoms with E-state index in [1.54, 1.807) is 6.08 Å². The largest absolute Gasteiger partial charge is 0.372 e. The molecule has 1 aliphatic rings. The molecule has 0 fully saturated rings. The van der Waals surface area contributed by atoms with Gasteiger partial charge in [0.1, 0.15) is 0 Å². The van der Waals surface area contributed by atoms with Crippen LogP contribution in [0.3, 0.4) is 0 Å². The summed E-state index contributed by atoms with van der Waals surface area (Å²) < 4.78 is 6.15. The predicted molar refractivity (Wildman–Crippen MR) is 82.3 cm³/mol. The van der Waals surface area contributed by atoms with Gasteiger partial charge in [-0.2, -0.15) is 0 Å². The first kappa shape index (κ1) is 15.8. The minimum atomic E-state index is -0.00414. The third-order valence-corrected chi connectivity index (χ3v) is 4.45. The quantitative estimate of drug-likeness (QED) is 0.422. The number of ether oxygens (including phenoxy) is 1. The van der Waals surface area contributed by atoms with Crippen molar-refractivity contribution in [1.82, 2.24) is 0 Å². The average Bonchev–Trinajstić information content (AvgIpc) is 2.43. The maximum absolute atomic E-state index is 6.40. The lowest BCUT2D eigenvalue weighted by Crippen LogP contribution is -2.33. The molecule has 3 heteroatoms. The van der Waals surface area contributed by atoms with E-state index in [0.717, 1.165) is 25.7 Å². The van der Waals surface area contributed by atoms with Crippen LogP contribution in [0.1, 0.15) is 32.6 Å². The van der Waals surface area contributed by atoms with Crippen molar-refractivity contribution < 1.29 is 4.74 Å². The monoisotopic (exact) mass is 330 g/mol. The zero-order valence-electron chi connectivity index (χ0n) is 10.7. The molecule has 0 N–H and O–H groups in total. The zero-order valence-corrected chi connectivity index (χ0v) is 13.0. The second kappa shape index (κ2) is 8.80. The van der Waals surface area contributed by atoms with Crippen molar-refractivity contribution in [2.24, 2.45) is 0 Å². The Morgan fingerprint density at radius 1 is 1.44 bits per heavy atom. The summed E-state index contributed by atoms with van der Waals surface area (Å²) in [6.07, 6.45) is 17.0. The molecule has 1 aliphatic heterocycles. The second-order valence-corrected chi connectivity index (χ2v) is 6.14. The van der Waals surface area contributed by atoms with Crippen molar-refractivity contribution in [3.05, 3.63) is 24.3 Å². The predicted octanol–water partition coefficient (Wildman–Crippen LogP) is 4.45. The molecule has 0 bridgehead atoms. The summed E-state index contributed by atoms with van der Waals surface area (Å²) in [5, 5.41) is -0.00414. The molecular formula is C15H20BrClO. The minimum Gasteiger partial charge on any atom is -0.372 e. The molecule has 1 heterocycles. The third kappa shape index (κ3) is 5.18. The molecule has 1 nitrogen and oxygen atoms in total. The normalized spacial score (nSPS) is 35.4. The van der Waals surface area contributed by atoms with E-state index in [2.05, 4.69) is 40.9 Å². The van der Waals surface area contributed by atoms with Gasteiger partial charge < -0.3 is 4.74 Å². The SMILES string of the molecule is C#C/C=C\C[C@@H]1O[C@H](CC)[C@@H](Br)C/C=C\C[C@@H]1Cl.